The predicted molar refractivity (Wildman–Crippen MR) is 75.1 cm³/mol. The first-order chi connectivity index (χ1) is 9.81. The minimum Gasteiger partial charge on any atom is -0.388 e. The number of likely N-dealkylation sites (N-methyl/N-ethyl adjacent to an activating group) is 1. The molecule has 0 heterocycles. The standard InChI is InChI=1S/C13H29NO6/c1-14-3-4-17-5-6-18-7-8-19-9-10-20-12-13(15)11-16-2/h13-15H,3-12H2,1-2H3. The second-order valence-corrected chi connectivity index (χ2v) is 4.12. The molecule has 20 heavy (non-hydrogen) atoms. The van der Waals surface area contributed by atoms with E-state index < -0.39 is 6.10 Å². The quantitative estimate of drug-likeness (QED) is 0.364. The molecule has 0 bridgehead atoms. The molecule has 0 rings (SSSR count). The van der Waals surface area contributed by atoms with Gasteiger partial charge in [0, 0.05) is 13.7 Å². The summed E-state index contributed by atoms with van der Waals surface area (Å²) in [7, 11) is 3.43. The number of nitrogens with one attached hydrogen (secondary N) is 1. The van der Waals surface area contributed by atoms with E-state index in [1.165, 1.54) is 7.11 Å². The van der Waals surface area contributed by atoms with Gasteiger partial charge >= 0.3 is 0 Å². The second kappa shape index (κ2) is 16.8. The fourth-order valence-electron chi connectivity index (χ4n) is 1.29. The lowest BCUT2D eigenvalue weighted by Crippen LogP contribution is -2.22. The summed E-state index contributed by atoms with van der Waals surface area (Å²) in [6.45, 7) is 5.28. The van der Waals surface area contributed by atoms with Crippen LogP contribution in [0.4, 0.5) is 0 Å². The zero-order valence-electron chi connectivity index (χ0n) is 12.6. The van der Waals surface area contributed by atoms with Gasteiger partial charge in [0.15, 0.2) is 0 Å². The van der Waals surface area contributed by atoms with Gasteiger partial charge < -0.3 is 34.1 Å². The van der Waals surface area contributed by atoms with Crippen molar-refractivity contribution in [2.24, 2.45) is 0 Å². The van der Waals surface area contributed by atoms with E-state index in [1.807, 2.05) is 7.05 Å². The van der Waals surface area contributed by atoms with Crippen molar-refractivity contribution in [2.45, 2.75) is 6.10 Å². The van der Waals surface area contributed by atoms with Crippen molar-refractivity contribution in [1.29, 1.82) is 0 Å². The molecule has 7 heteroatoms. The molecule has 0 aromatic carbocycles. The lowest BCUT2D eigenvalue weighted by atomic mass is 10.4. The molecule has 122 valence electrons. The summed E-state index contributed by atoms with van der Waals surface area (Å²) < 4.78 is 25.9. The second-order valence-electron chi connectivity index (χ2n) is 4.12. The lowest BCUT2D eigenvalue weighted by molar-refractivity contribution is -0.0318. The molecule has 0 fully saturated rings. The summed E-state index contributed by atoms with van der Waals surface area (Å²) >= 11 is 0. The Morgan fingerprint density at radius 3 is 1.80 bits per heavy atom. The third-order valence-electron chi connectivity index (χ3n) is 2.28. The lowest BCUT2D eigenvalue weighted by Gasteiger charge is -2.10. The van der Waals surface area contributed by atoms with Crippen molar-refractivity contribution >= 4 is 0 Å². The summed E-state index contributed by atoms with van der Waals surface area (Å²) in [6, 6.07) is 0. The van der Waals surface area contributed by atoms with Crippen LogP contribution in [-0.2, 0) is 23.7 Å². The number of hydrogen-bond acceptors (Lipinski definition) is 7. The smallest absolute Gasteiger partial charge is 0.101 e. The Labute approximate surface area is 121 Å². The van der Waals surface area contributed by atoms with E-state index in [9.17, 15) is 5.11 Å². The minimum atomic E-state index is -0.578. The van der Waals surface area contributed by atoms with Gasteiger partial charge in [-0.15, -0.1) is 0 Å². The number of methoxy groups -OCH3 is 1. The maximum absolute atomic E-state index is 9.30. The summed E-state index contributed by atoms with van der Waals surface area (Å²) in [4.78, 5) is 0. The molecule has 0 amide bonds. The summed E-state index contributed by atoms with van der Waals surface area (Å²) in [6.07, 6.45) is -0.578. The van der Waals surface area contributed by atoms with Gasteiger partial charge in [0.2, 0.25) is 0 Å². The summed E-state index contributed by atoms with van der Waals surface area (Å²) in [5.41, 5.74) is 0. The fourth-order valence-corrected chi connectivity index (χ4v) is 1.29. The van der Waals surface area contributed by atoms with Gasteiger partial charge in [-0.05, 0) is 7.05 Å². The molecule has 0 saturated carbocycles. The zero-order chi connectivity index (χ0) is 14.9. The monoisotopic (exact) mass is 295 g/mol. The van der Waals surface area contributed by atoms with Crippen molar-refractivity contribution < 1.29 is 28.8 Å². The van der Waals surface area contributed by atoms with E-state index in [0.717, 1.165) is 6.54 Å². The van der Waals surface area contributed by atoms with Crippen molar-refractivity contribution in [3.63, 3.8) is 0 Å². The Bertz CT molecular complexity index is 184. The first-order valence-electron chi connectivity index (χ1n) is 6.93. The van der Waals surface area contributed by atoms with Crippen LogP contribution in [0.25, 0.3) is 0 Å². The van der Waals surface area contributed by atoms with Gasteiger partial charge in [0.1, 0.15) is 6.10 Å². The minimum absolute atomic E-state index is 0.262. The third kappa shape index (κ3) is 15.8. The molecule has 0 saturated heterocycles. The van der Waals surface area contributed by atoms with Crippen LogP contribution in [0.2, 0.25) is 0 Å². The molecule has 0 radical (unpaired) electrons. The van der Waals surface area contributed by atoms with Gasteiger partial charge in [0.25, 0.3) is 0 Å². The Hall–Kier alpha value is -0.280. The highest BCUT2D eigenvalue weighted by Gasteiger charge is 2.02. The van der Waals surface area contributed by atoms with Crippen LogP contribution in [0.1, 0.15) is 0 Å². The Balaban J connectivity index is 2.99. The Kier molecular flexibility index (Phi) is 16.5. The fraction of sp³-hybridized carbons (Fsp3) is 1.00. The number of hydrogen-bond donors (Lipinski definition) is 2. The zero-order valence-corrected chi connectivity index (χ0v) is 12.6. The molecule has 0 aliphatic carbocycles. The van der Waals surface area contributed by atoms with Gasteiger partial charge in [-0.2, -0.15) is 0 Å². The normalized spacial score (nSPS) is 12.8. The first kappa shape index (κ1) is 19.7. The van der Waals surface area contributed by atoms with Crippen LogP contribution in [-0.4, -0.2) is 91.4 Å². The van der Waals surface area contributed by atoms with Gasteiger partial charge in [-0.1, -0.05) is 0 Å². The van der Waals surface area contributed by atoms with E-state index in [-0.39, 0.29) is 13.2 Å². The SMILES string of the molecule is CNCCOCCOCCOCCOCC(O)COC. The topological polar surface area (TPSA) is 78.4 Å². The molecule has 0 spiro atoms. The molecule has 0 aliphatic rings. The van der Waals surface area contributed by atoms with Crippen LogP contribution < -0.4 is 5.32 Å². The highest BCUT2D eigenvalue weighted by molar-refractivity contribution is 4.49. The molecular formula is C13H29NO6. The average molecular weight is 295 g/mol. The maximum atomic E-state index is 9.30. The van der Waals surface area contributed by atoms with Gasteiger partial charge in [-0.3, -0.25) is 0 Å². The van der Waals surface area contributed by atoms with Crippen molar-refractivity contribution in [3.05, 3.63) is 0 Å². The molecule has 0 aromatic heterocycles. The first-order valence-corrected chi connectivity index (χ1v) is 6.93. The van der Waals surface area contributed by atoms with Crippen LogP contribution in [0.5, 0.6) is 0 Å². The van der Waals surface area contributed by atoms with E-state index in [4.69, 9.17) is 23.7 Å². The molecular weight excluding hydrogens is 266 g/mol. The average Bonchev–Trinajstić information content (AvgIpc) is 2.44. The number of aliphatic hydroxyl groups excluding tert-OH is 1. The maximum Gasteiger partial charge on any atom is 0.101 e. The van der Waals surface area contributed by atoms with Gasteiger partial charge in [-0.25, -0.2) is 0 Å². The van der Waals surface area contributed by atoms with Gasteiger partial charge in [0.05, 0.1) is 59.5 Å². The Morgan fingerprint density at radius 2 is 1.30 bits per heavy atom. The number of aliphatic hydroxyl groups is 1. The summed E-state index contributed by atoms with van der Waals surface area (Å²) in [5, 5.41) is 12.3. The Morgan fingerprint density at radius 1 is 0.800 bits per heavy atom. The third-order valence-corrected chi connectivity index (χ3v) is 2.28. The predicted octanol–water partition coefficient (Wildman–Crippen LogP) is -0.720. The number of rotatable bonds is 16. The van der Waals surface area contributed by atoms with Crippen molar-refractivity contribution in [3.8, 4) is 0 Å². The van der Waals surface area contributed by atoms with E-state index in [0.29, 0.717) is 46.2 Å². The van der Waals surface area contributed by atoms with Crippen LogP contribution >= 0.6 is 0 Å². The molecule has 0 aliphatic heterocycles. The molecule has 7 nitrogen and oxygen atoms in total. The van der Waals surface area contributed by atoms with Crippen LogP contribution in [0, 0.1) is 0 Å². The van der Waals surface area contributed by atoms with Crippen LogP contribution in [0.3, 0.4) is 0 Å². The molecule has 2 N–H and O–H groups in total. The molecule has 0 aromatic rings. The molecule has 1 atom stereocenters. The highest BCUT2D eigenvalue weighted by Crippen LogP contribution is 1.87. The number of ether oxygens (including phenoxy) is 5. The van der Waals surface area contributed by atoms with Crippen molar-refractivity contribution in [2.75, 3.05) is 80.2 Å². The van der Waals surface area contributed by atoms with E-state index in [1.54, 1.807) is 0 Å². The summed E-state index contributed by atoms with van der Waals surface area (Å²) in [5.74, 6) is 0. The largest absolute Gasteiger partial charge is 0.388 e. The highest BCUT2D eigenvalue weighted by atomic mass is 16.6. The van der Waals surface area contributed by atoms with E-state index >= 15 is 0 Å². The van der Waals surface area contributed by atoms with Crippen molar-refractivity contribution in [1.82, 2.24) is 5.32 Å². The van der Waals surface area contributed by atoms with Crippen LogP contribution in [0.15, 0.2) is 0 Å². The molecule has 1 unspecified atom stereocenters. The van der Waals surface area contributed by atoms with E-state index in [2.05, 4.69) is 5.32 Å².